The number of rotatable bonds is 4. The van der Waals surface area contributed by atoms with Crippen LogP contribution in [0, 0.1) is 0 Å². The summed E-state index contributed by atoms with van der Waals surface area (Å²) in [7, 11) is 0. The molecule has 0 aliphatic rings. The Hall–Kier alpha value is -0.990. The van der Waals surface area contributed by atoms with Crippen molar-refractivity contribution in [2.24, 2.45) is 0 Å². The van der Waals surface area contributed by atoms with Crippen LogP contribution in [0.1, 0.15) is 12.8 Å². The van der Waals surface area contributed by atoms with Gasteiger partial charge in [0.15, 0.2) is 0 Å². The molecule has 0 bridgehead atoms. The van der Waals surface area contributed by atoms with Crippen molar-refractivity contribution in [2.75, 3.05) is 0 Å². The fourth-order valence-corrected chi connectivity index (χ4v) is 0.435. The number of carbonyl (C=O) groups is 1. The largest absolute Gasteiger partial charge is 0.299 e. The molecule has 0 N–H and O–H groups in total. The SMILES string of the molecule is O=C(CC=CF)CC=CF. The van der Waals surface area contributed by atoms with Gasteiger partial charge in [0.1, 0.15) is 5.78 Å². The Morgan fingerprint density at radius 3 is 1.80 bits per heavy atom. The first kappa shape index (κ1) is 9.01. The summed E-state index contributed by atoms with van der Waals surface area (Å²) in [5.74, 6) is -0.206. The Balaban J connectivity index is 3.44. The van der Waals surface area contributed by atoms with Crippen molar-refractivity contribution in [1.82, 2.24) is 0 Å². The van der Waals surface area contributed by atoms with Crippen LogP contribution in [0.4, 0.5) is 8.78 Å². The molecule has 0 radical (unpaired) electrons. The zero-order valence-electron chi connectivity index (χ0n) is 5.39. The van der Waals surface area contributed by atoms with Gasteiger partial charge in [0.25, 0.3) is 0 Å². The lowest BCUT2D eigenvalue weighted by Gasteiger charge is -1.86. The molecule has 0 heterocycles. The number of hydrogen-bond donors (Lipinski definition) is 0. The van der Waals surface area contributed by atoms with E-state index in [0.29, 0.717) is 12.7 Å². The summed E-state index contributed by atoms with van der Waals surface area (Å²) < 4.78 is 22.5. The zero-order valence-corrected chi connectivity index (χ0v) is 5.39. The second-order valence-corrected chi connectivity index (χ2v) is 1.67. The van der Waals surface area contributed by atoms with Crippen LogP contribution in [0.2, 0.25) is 0 Å². The average molecular weight is 146 g/mol. The first-order valence-corrected chi connectivity index (χ1v) is 2.83. The third kappa shape index (κ3) is 5.15. The van der Waals surface area contributed by atoms with Gasteiger partial charge < -0.3 is 0 Å². The number of halogens is 2. The van der Waals surface area contributed by atoms with Crippen molar-refractivity contribution >= 4 is 5.78 Å². The van der Waals surface area contributed by atoms with Gasteiger partial charge in [-0.15, -0.1) is 0 Å². The molecule has 10 heavy (non-hydrogen) atoms. The molecule has 1 nitrogen and oxygen atoms in total. The fourth-order valence-electron chi connectivity index (χ4n) is 0.435. The molecule has 0 fully saturated rings. The van der Waals surface area contributed by atoms with Crippen LogP contribution in [-0.4, -0.2) is 5.78 Å². The molecular weight excluding hydrogens is 138 g/mol. The van der Waals surface area contributed by atoms with Crippen molar-refractivity contribution in [1.29, 1.82) is 0 Å². The predicted octanol–water partition coefficient (Wildman–Crippen LogP) is 2.30. The van der Waals surface area contributed by atoms with Crippen molar-refractivity contribution in [3.05, 3.63) is 24.8 Å². The summed E-state index contributed by atoms with van der Waals surface area (Å²) >= 11 is 0. The number of Topliss-reactive ketones (excluding diaryl/α,β-unsaturated/α-hetero) is 1. The minimum atomic E-state index is -0.206. The standard InChI is InChI=1S/C7H8F2O/c8-5-1-3-7(10)4-2-6-9/h1-2,5-6H,3-4H2. The van der Waals surface area contributed by atoms with Crippen LogP contribution in [0.25, 0.3) is 0 Å². The molecule has 0 saturated heterocycles. The molecule has 0 atom stereocenters. The number of allylic oxidation sites excluding steroid dienone is 2. The number of carbonyl (C=O) groups excluding carboxylic acids is 1. The third-order valence-corrected chi connectivity index (χ3v) is 0.869. The molecule has 56 valence electrons. The van der Waals surface area contributed by atoms with Gasteiger partial charge in [-0.2, -0.15) is 0 Å². The van der Waals surface area contributed by atoms with Crippen molar-refractivity contribution in [2.45, 2.75) is 12.8 Å². The minimum absolute atomic E-state index is 0.0286. The smallest absolute Gasteiger partial charge is 0.140 e. The van der Waals surface area contributed by atoms with E-state index in [1.165, 1.54) is 0 Å². The van der Waals surface area contributed by atoms with Crippen LogP contribution in [0.5, 0.6) is 0 Å². The Labute approximate surface area is 58.0 Å². The predicted molar refractivity (Wildman–Crippen MR) is 34.7 cm³/mol. The van der Waals surface area contributed by atoms with Gasteiger partial charge >= 0.3 is 0 Å². The summed E-state index contributed by atoms with van der Waals surface area (Å²) in [6.45, 7) is 0. The Bertz CT molecular complexity index is 134. The topological polar surface area (TPSA) is 17.1 Å². The second-order valence-electron chi connectivity index (χ2n) is 1.67. The first-order chi connectivity index (χ1) is 4.81. The van der Waals surface area contributed by atoms with Gasteiger partial charge in [-0.1, -0.05) is 0 Å². The van der Waals surface area contributed by atoms with Gasteiger partial charge in [0, 0.05) is 12.8 Å². The van der Waals surface area contributed by atoms with Crippen molar-refractivity contribution < 1.29 is 13.6 Å². The van der Waals surface area contributed by atoms with Crippen molar-refractivity contribution in [3.63, 3.8) is 0 Å². The van der Waals surface area contributed by atoms with E-state index in [1.807, 2.05) is 0 Å². The highest BCUT2D eigenvalue weighted by molar-refractivity contribution is 5.81. The van der Waals surface area contributed by atoms with Gasteiger partial charge in [-0.3, -0.25) is 4.79 Å². The summed E-state index contributed by atoms with van der Waals surface area (Å²) in [6, 6.07) is 0. The maximum atomic E-state index is 11.3. The normalized spacial score (nSPS) is 11.4. The van der Waals surface area contributed by atoms with E-state index >= 15 is 0 Å². The molecule has 0 amide bonds. The lowest BCUT2D eigenvalue weighted by Crippen LogP contribution is -1.91. The van der Waals surface area contributed by atoms with E-state index in [2.05, 4.69) is 0 Å². The van der Waals surface area contributed by atoms with Crippen LogP contribution < -0.4 is 0 Å². The van der Waals surface area contributed by atoms with E-state index in [0.717, 1.165) is 12.2 Å². The van der Waals surface area contributed by atoms with Gasteiger partial charge in [-0.25, -0.2) is 8.78 Å². The fraction of sp³-hybridized carbons (Fsp3) is 0.286. The van der Waals surface area contributed by atoms with Crippen LogP contribution in [0.3, 0.4) is 0 Å². The molecule has 0 spiro atoms. The molecule has 0 aromatic rings. The van der Waals surface area contributed by atoms with E-state index in [9.17, 15) is 13.6 Å². The van der Waals surface area contributed by atoms with E-state index in [4.69, 9.17) is 0 Å². The molecule has 0 unspecified atom stereocenters. The Kier molecular flexibility index (Phi) is 5.53. The summed E-state index contributed by atoms with van der Waals surface area (Å²) in [4.78, 5) is 10.5. The van der Waals surface area contributed by atoms with E-state index < -0.39 is 0 Å². The highest BCUT2D eigenvalue weighted by Gasteiger charge is 1.93. The third-order valence-electron chi connectivity index (χ3n) is 0.869. The highest BCUT2D eigenvalue weighted by atomic mass is 19.1. The minimum Gasteiger partial charge on any atom is -0.299 e. The van der Waals surface area contributed by atoms with Crippen LogP contribution in [-0.2, 0) is 4.79 Å². The van der Waals surface area contributed by atoms with Crippen molar-refractivity contribution in [3.8, 4) is 0 Å². The summed E-state index contributed by atoms with van der Waals surface area (Å²) in [5.41, 5.74) is 0. The van der Waals surface area contributed by atoms with E-state index in [-0.39, 0.29) is 18.6 Å². The molecule has 0 aromatic heterocycles. The van der Waals surface area contributed by atoms with Gasteiger partial charge in [-0.05, 0) is 12.2 Å². The maximum Gasteiger partial charge on any atom is 0.140 e. The monoisotopic (exact) mass is 146 g/mol. The Morgan fingerprint density at radius 2 is 1.50 bits per heavy atom. The van der Waals surface area contributed by atoms with Gasteiger partial charge in [0.2, 0.25) is 0 Å². The number of ketones is 1. The zero-order chi connectivity index (χ0) is 7.82. The summed E-state index contributed by atoms with van der Waals surface area (Å²) in [6.07, 6.45) is 2.85. The molecule has 0 aliphatic carbocycles. The lowest BCUT2D eigenvalue weighted by atomic mass is 10.2. The molecule has 3 heteroatoms. The van der Waals surface area contributed by atoms with E-state index in [1.54, 1.807) is 0 Å². The van der Waals surface area contributed by atoms with Gasteiger partial charge in [0.05, 0.1) is 12.7 Å². The molecule has 0 rings (SSSR count). The lowest BCUT2D eigenvalue weighted by molar-refractivity contribution is -0.117. The molecule has 0 aromatic carbocycles. The quantitative estimate of drug-likeness (QED) is 0.594. The molecule has 0 saturated carbocycles. The molecule has 0 aliphatic heterocycles. The number of hydrogen-bond acceptors (Lipinski definition) is 1. The molecular formula is C7H8F2O. The Morgan fingerprint density at radius 1 is 1.10 bits per heavy atom. The second kappa shape index (κ2) is 6.13. The van der Waals surface area contributed by atoms with Crippen LogP contribution >= 0.6 is 0 Å². The summed E-state index contributed by atoms with van der Waals surface area (Å²) in [5, 5.41) is 0. The maximum absolute atomic E-state index is 11.3. The first-order valence-electron chi connectivity index (χ1n) is 2.83. The highest BCUT2D eigenvalue weighted by Crippen LogP contribution is 1.93. The van der Waals surface area contributed by atoms with Crippen LogP contribution in [0.15, 0.2) is 24.8 Å². The average Bonchev–Trinajstić information content (AvgIpc) is 1.97.